The molecule has 0 bridgehead atoms. The van der Waals surface area contributed by atoms with E-state index in [0.717, 1.165) is 12.6 Å². The van der Waals surface area contributed by atoms with E-state index in [1.165, 1.54) is 29.2 Å². The molecular formula is C25H28F4N4O4. The Balaban J connectivity index is 1.80. The Labute approximate surface area is 211 Å². The van der Waals surface area contributed by atoms with Gasteiger partial charge in [0.05, 0.1) is 17.9 Å². The minimum Gasteiger partial charge on any atom is -0.444 e. The van der Waals surface area contributed by atoms with Crippen LogP contribution in [0.3, 0.4) is 0 Å². The van der Waals surface area contributed by atoms with Gasteiger partial charge in [-0.3, -0.25) is 14.9 Å². The minimum absolute atomic E-state index is 0.0881. The first-order valence-corrected chi connectivity index (χ1v) is 11.6. The highest BCUT2D eigenvalue weighted by molar-refractivity contribution is 6.39. The lowest BCUT2D eigenvalue weighted by atomic mass is 9.90. The minimum atomic E-state index is -4.93. The lowest BCUT2D eigenvalue weighted by molar-refractivity contribution is -0.146. The summed E-state index contributed by atoms with van der Waals surface area (Å²) in [6, 6.07) is 5.66. The van der Waals surface area contributed by atoms with E-state index in [9.17, 15) is 31.9 Å². The maximum absolute atomic E-state index is 13.7. The highest BCUT2D eigenvalue weighted by Crippen LogP contribution is 2.36. The number of aromatic nitrogens is 1. The molecule has 1 aromatic carbocycles. The number of hydrogen-bond acceptors (Lipinski definition) is 5. The van der Waals surface area contributed by atoms with Crippen LogP contribution in [0, 0.1) is 11.7 Å². The summed E-state index contributed by atoms with van der Waals surface area (Å²) < 4.78 is 59.3. The topological polar surface area (TPSA) is 101 Å². The average Bonchev–Trinajstić information content (AvgIpc) is 2.78. The fourth-order valence-corrected chi connectivity index (χ4v) is 3.97. The summed E-state index contributed by atoms with van der Waals surface area (Å²) in [5.74, 6) is -3.26. The fraction of sp³-hybridized carbons (Fsp3) is 0.440. The Kier molecular flexibility index (Phi) is 8.09. The molecular weight excluding hydrogens is 496 g/mol. The first-order chi connectivity index (χ1) is 17.1. The van der Waals surface area contributed by atoms with Gasteiger partial charge >= 0.3 is 24.1 Å². The summed E-state index contributed by atoms with van der Waals surface area (Å²) in [6.07, 6.45) is -3.86. The molecule has 0 saturated carbocycles. The lowest BCUT2D eigenvalue weighted by Gasteiger charge is -2.38. The van der Waals surface area contributed by atoms with Gasteiger partial charge in [0.1, 0.15) is 22.8 Å². The Morgan fingerprint density at radius 1 is 1.05 bits per heavy atom. The summed E-state index contributed by atoms with van der Waals surface area (Å²) in [5, 5.41) is 4.12. The molecule has 1 aliphatic heterocycles. The number of likely N-dealkylation sites (tertiary alicyclic amines) is 1. The van der Waals surface area contributed by atoms with Crippen molar-refractivity contribution in [3.63, 3.8) is 0 Å². The van der Waals surface area contributed by atoms with Crippen LogP contribution in [0.2, 0.25) is 0 Å². The molecule has 2 heterocycles. The quantitative estimate of drug-likeness (QED) is 0.407. The average molecular weight is 525 g/mol. The summed E-state index contributed by atoms with van der Waals surface area (Å²) in [5.41, 5.74) is -2.02. The molecule has 3 amide bonds. The predicted molar refractivity (Wildman–Crippen MR) is 127 cm³/mol. The molecule has 1 aliphatic rings. The van der Waals surface area contributed by atoms with Crippen LogP contribution in [-0.2, 0) is 20.5 Å². The third-order valence-electron chi connectivity index (χ3n) is 5.60. The van der Waals surface area contributed by atoms with Gasteiger partial charge in [-0.05, 0) is 63.3 Å². The first-order valence-electron chi connectivity index (χ1n) is 11.6. The molecule has 0 unspecified atom stereocenters. The molecule has 2 aromatic rings. The van der Waals surface area contributed by atoms with Crippen LogP contribution in [0.5, 0.6) is 0 Å². The monoisotopic (exact) mass is 524 g/mol. The summed E-state index contributed by atoms with van der Waals surface area (Å²) in [4.78, 5) is 42.7. The van der Waals surface area contributed by atoms with Crippen LogP contribution in [-0.4, -0.2) is 39.9 Å². The van der Waals surface area contributed by atoms with Crippen molar-refractivity contribution >= 4 is 29.4 Å². The SMILES string of the molecule is C[C@@H]1CC[C@@H](c2ccc(F)cc2)N(C(=O)C(=O)Nc2cnc(NC(=O)OC(C)(C)C)c(C(F)(F)F)c2)C1. The number of carbonyl (C=O) groups excluding carboxylic acids is 3. The maximum Gasteiger partial charge on any atom is 0.420 e. The number of piperidine rings is 1. The van der Waals surface area contributed by atoms with Crippen LogP contribution in [0.25, 0.3) is 0 Å². The van der Waals surface area contributed by atoms with Gasteiger partial charge in [0.25, 0.3) is 0 Å². The van der Waals surface area contributed by atoms with E-state index < -0.39 is 52.9 Å². The third kappa shape index (κ3) is 7.40. The van der Waals surface area contributed by atoms with Gasteiger partial charge in [-0.1, -0.05) is 19.1 Å². The van der Waals surface area contributed by atoms with Crippen molar-refractivity contribution in [2.24, 2.45) is 5.92 Å². The molecule has 1 saturated heterocycles. The van der Waals surface area contributed by atoms with Crippen LogP contribution in [0.4, 0.5) is 33.9 Å². The molecule has 2 N–H and O–H groups in total. The number of anilines is 2. The Bertz CT molecular complexity index is 1160. The zero-order valence-corrected chi connectivity index (χ0v) is 20.8. The number of nitrogens with zero attached hydrogens (tertiary/aromatic N) is 2. The van der Waals surface area contributed by atoms with E-state index in [-0.39, 0.29) is 18.2 Å². The van der Waals surface area contributed by atoms with Gasteiger partial charge in [0.2, 0.25) is 0 Å². The van der Waals surface area contributed by atoms with E-state index in [0.29, 0.717) is 18.1 Å². The number of nitrogens with one attached hydrogen (secondary N) is 2. The largest absolute Gasteiger partial charge is 0.444 e. The zero-order valence-electron chi connectivity index (χ0n) is 20.8. The summed E-state index contributed by atoms with van der Waals surface area (Å²) in [7, 11) is 0. The van der Waals surface area contributed by atoms with E-state index in [1.54, 1.807) is 20.8 Å². The van der Waals surface area contributed by atoms with Gasteiger partial charge < -0.3 is 15.0 Å². The van der Waals surface area contributed by atoms with Gasteiger partial charge in [0, 0.05) is 6.54 Å². The Morgan fingerprint density at radius 2 is 1.70 bits per heavy atom. The van der Waals surface area contributed by atoms with Crippen molar-refractivity contribution in [2.75, 3.05) is 17.2 Å². The number of halogens is 4. The number of carbonyl (C=O) groups is 3. The Morgan fingerprint density at radius 3 is 2.30 bits per heavy atom. The van der Waals surface area contributed by atoms with Crippen molar-refractivity contribution in [3.8, 4) is 0 Å². The summed E-state index contributed by atoms with van der Waals surface area (Å²) >= 11 is 0. The number of pyridine rings is 1. The normalized spacial score (nSPS) is 18.2. The molecule has 2 atom stereocenters. The second-order valence-corrected chi connectivity index (χ2v) is 9.91. The van der Waals surface area contributed by atoms with Crippen LogP contribution in [0.15, 0.2) is 36.5 Å². The number of hydrogen-bond donors (Lipinski definition) is 2. The second-order valence-electron chi connectivity index (χ2n) is 9.91. The molecule has 0 spiro atoms. The standard InChI is InChI=1S/C25H28F4N4O4/c1-14-5-10-19(15-6-8-16(26)9-7-15)33(13-14)22(35)21(34)31-17-11-18(25(27,28)29)20(30-12-17)32-23(36)37-24(2,3)4/h6-9,11-12,14,19H,5,10,13H2,1-4H3,(H,31,34)(H,30,32,36)/t14-,19+/m1/s1. The Hall–Kier alpha value is -3.70. The van der Waals surface area contributed by atoms with Crippen LogP contribution in [0.1, 0.15) is 57.7 Å². The van der Waals surface area contributed by atoms with E-state index in [1.807, 2.05) is 12.2 Å². The third-order valence-corrected chi connectivity index (χ3v) is 5.60. The number of amides is 3. The predicted octanol–water partition coefficient (Wildman–Crippen LogP) is 5.52. The molecule has 8 nitrogen and oxygen atoms in total. The van der Waals surface area contributed by atoms with Crippen LogP contribution < -0.4 is 10.6 Å². The van der Waals surface area contributed by atoms with Crippen LogP contribution >= 0.6 is 0 Å². The lowest BCUT2D eigenvalue weighted by Crippen LogP contribution is -2.46. The van der Waals surface area contributed by atoms with Crippen molar-refractivity contribution < 1.29 is 36.7 Å². The van der Waals surface area contributed by atoms with Crippen molar-refractivity contribution in [2.45, 2.75) is 58.4 Å². The highest BCUT2D eigenvalue weighted by Gasteiger charge is 2.37. The first kappa shape index (κ1) is 27.9. The number of benzene rings is 1. The van der Waals surface area contributed by atoms with E-state index >= 15 is 0 Å². The number of rotatable bonds is 3. The molecule has 1 fully saturated rings. The van der Waals surface area contributed by atoms with Crippen molar-refractivity contribution in [3.05, 3.63) is 53.5 Å². The number of ether oxygens (including phenoxy) is 1. The molecule has 200 valence electrons. The summed E-state index contributed by atoms with van der Waals surface area (Å²) in [6.45, 7) is 6.80. The molecule has 0 aliphatic carbocycles. The van der Waals surface area contributed by atoms with Gasteiger partial charge in [-0.25, -0.2) is 14.2 Å². The zero-order chi connectivity index (χ0) is 27.5. The van der Waals surface area contributed by atoms with Gasteiger partial charge in [0.15, 0.2) is 0 Å². The van der Waals surface area contributed by atoms with E-state index in [4.69, 9.17) is 4.74 Å². The van der Waals surface area contributed by atoms with E-state index in [2.05, 4.69) is 10.3 Å². The number of alkyl halides is 3. The van der Waals surface area contributed by atoms with Crippen molar-refractivity contribution in [1.82, 2.24) is 9.88 Å². The van der Waals surface area contributed by atoms with Crippen molar-refractivity contribution in [1.29, 1.82) is 0 Å². The second kappa shape index (κ2) is 10.7. The fourth-order valence-electron chi connectivity index (χ4n) is 3.97. The molecule has 12 heteroatoms. The van der Waals surface area contributed by atoms with Gasteiger partial charge in [-0.2, -0.15) is 13.2 Å². The molecule has 37 heavy (non-hydrogen) atoms. The smallest absolute Gasteiger partial charge is 0.420 e. The molecule has 1 aromatic heterocycles. The molecule has 0 radical (unpaired) electrons. The highest BCUT2D eigenvalue weighted by atomic mass is 19.4. The van der Waals surface area contributed by atoms with Gasteiger partial charge in [-0.15, -0.1) is 0 Å². The molecule has 3 rings (SSSR count). The maximum atomic E-state index is 13.7.